The van der Waals surface area contributed by atoms with Crippen molar-refractivity contribution in [1.29, 1.82) is 0 Å². The fourth-order valence-corrected chi connectivity index (χ4v) is 4.21. The second kappa shape index (κ2) is 5.14. The van der Waals surface area contributed by atoms with Gasteiger partial charge in [-0.1, -0.05) is 6.07 Å². The van der Waals surface area contributed by atoms with Crippen LogP contribution in [0.4, 0.5) is 0 Å². The molecule has 19 heavy (non-hydrogen) atoms. The fraction of sp³-hybridized carbons (Fsp3) is 0.500. The molecule has 102 valence electrons. The Hall–Kier alpha value is -1.06. The first-order valence-electron chi connectivity index (χ1n) is 7.15. The third-order valence-corrected chi connectivity index (χ3v) is 5.11. The summed E-state index contributed by atoms with van der Waals surface area (Å²) in [5, 5.41) is 2.16. The molecule has 1 aliphatic rings. The molecular weight excluding hydrogens is 252 g/mol. The summed E-state index contributed by atoms with van der Waals surface area (Å²) in [6.45, 7) is 4.54. The van der Waals surface area contributed by atoms with Gasteiger partial charge in [-0.3, -0.25) is 0 Å². The van der Waals surface area contributed by atoms with E-state index in [0.717, 1.165) is 12.8 Å². The maximum Gasteiger partial charge on any atom is 0.0355 e. The molecule has 2 atom stereocenters. The van der Waals surface area contributed by atoms with Gasteiger partial charge < -0.3 is 10.3 Å². The summed E-state index contributed by atoms with van der Waals surface area (Å²) in [5.41, 5.74) is 10.5. The van der Waals surface area contributed by atoms with E-state index >= 15 is 0 Å². The van der Waals surface area contributed by atoms with E-state index in [1.807, 2.05) is 11.3 Å². The lowest BCUT2D eigenvalue weighted by atomic mass is 9.93. The van der Waals surface area contributed by atoms with Crippen molar-refractivity contribution in [2.45, 2.75) is 51.6 Å². The van der Waals surface area contributed by atoms with Crippen LogP contribution >= 0.6 is 11.3 Å². The highest BCUT2D eigenvalue weighted by Crippen LogP contribution is 2.33. The van der Waals surface area contributed by atoms with Crippen LogP contribution in [-0.2, 0) is 12.8 Å². The molecule has 0 amide bonds. The van der Waals surface area contributed by atoms with Gasteiger partial charge in [-0.25, -0.2) is 0 Å². The van der Waals surface area contributed by atoms with E-state index < -0.39 is 0 Å². The van der Waals surface area contributed by atoms with E-state index in [1.54, 1.807) is 0 Å². The van der Waals surface area contributed by atoms with Crippen molar-refractivity contribution in [3.63, 3.8) is 0 Å². The van der Waals surface area contributed by atoms with Crippen molar-refractivity contribution in [3.8, 4) is 0 Å². The van der Waals surface area contributed by atoms with Crippen LogP contribution in [0, 0.1) is 6.92 Å². The molecule has 2 nitrogen and oxygen atoms in total. The summed E-state index contributed by atoms with van der Waals surface area (Å²) in [5.74, 6) is 0. The molecular formula is C16H22N2S. The first kappa shape index (κ1) is 12.9. The van der Waals surface area contributed by atoms with Crippen LogP contribution in [0.2, 0.25) is 0 Å². The lowest BCUT2D eigenvalue weighted by molar-refractivity contribution is 0.485. The minimum Gasteiger partial charge on any atom is -0.345 e. The quantitative estimate of drug-likeness (QED) is 0.901. The zero-order valence-electron chi connectivity index (χ0n) is 11.7. The molecule has 2 N–H and O–H groups in total. The lowest BCUT2D eigenvalue weighted by Gasteiger charge is -2.24. The SMILES string of the molecule is Cc1cc2c(n1C(C)Cc1cccs1)CCCC2N. The average Bonchev–Trinajstić information content (AvgIpc) is 2.96. The molecule has 0 aromatic carbocycles. The Morgan fingerprint density at radius 2 is 2.37 bits per heavy atom. The third kappa shape index (κ3) is 2.37. The molecule has 2 aromatic heterocycles. The van der Waals surface area contributed by atoms with Gasteiger partial charge in [0.05, 0.1) is 0 Å². The highest BCUT2D eigenvalue weighted by atomic mass is 32.1. The Bertz CT molecular complexity index is 554. The highest BCUT2D eigenvalue weighted by molar-refractivity contribution is 7.09. The number of hydrogen-bond donors (Lipinski definition) is 1. The molecule has 0 saturated carbocycles. The molecule has 2 heterocycles. The summed E-state index contributed by atoms with van der Waals surface area (Å²) in [4.78, 5) is 1.47. The first-order chi connectivity index (χ1) is 9.16. The van der Waals surface area contributed by atoms with Crippen LogP contribution in [0.25, 0.3) is 0 Å². The monoisotopic (exact) mass is 274 g/mol. The normalized spacial score (nSPS) is 20.3. The molecule has 0 fully saturated rings. The molecule has 0 spiro atoms. The number of nitrogens with zero attached hydrogens (tertiary/aromatic N) is 1. The summed E-state index contributed by atoms with van der Waals surface area (Å²) in [6, 6.07) is 7.45. The van der Waals surface area contributed by atoms with Crippen molar-refractivity contribution >= 4 is 11.3 Å². The van der Waals surface area contributed by atoms with Gasteiger partial charge in [0.1, 0.15) is 0 Å². The predicted octanol–water partition coefficient (Wildman–Crippen LogP) is 4.00. The van der Waals surface area contributed by atoms with Crippen molar-refractivity contribution in [1.82, 2.24) is 4.57 Å². The predicted molar refractivity (Wildman–Crippen MR) is 81.8 cm³/mol. The Labute approximate surface area is 119 Å². The van der Waals surface area contributed by atoms with Crippen LogP contribution in [0.15, 0.2) is 23.6 Å². The van der Waals surface area contributed by atoms with E-state index in [9.17, 15) is 0 Å². The molecule has 0 aliphatic heterocycles. The zero-order valence-corrected chi connectivity index (χ0v) is 12.5. The lowest BCUT2D eigenvalue weighted by Crippen LogP contribution is -2.20. The maximum atomic E-state index is 6.25. The summed E-state index contributed by atoms with van der Waals surface area (Å²) >= 11 is 1.85. The number of fused-ring (bicyclic) bond motifs is 1. The standard InChI is InChI=1S/C16H22N2S/c1-11(9-13-5-4-8-19-13)18-12(2)10-14-15(17)6-3-7-16(14)18/h4-5,8,10-11,15H,3,6-7,9,17H2,1-2H3. The second-order valence-electron chi connectivity index (χ2n) is 5.69. The number of aryl methyl sites for hydroxylation is 1. The smallest absolute Gasteiger partial charge is 0.0355 e. The first-order valence-corrected chi connectivity index (χ1v) is 8.03. The molecule has 0 bridgehead atoms. The van der Waals surface area contributed by atoms with E-state index in [1.165, 1.54) is 34.7 Å². The largest absolute Gasteiger partial charge is 0.345 e. The van der Waals surface area contributed by atoms with Crippen LogP contribution in [-0.4, -0.2) is 4.57 Å². The van der Waals surface area contributed by atoms with Gasteiger partial charge in [-0.05, 0) is 56.2 Å². The molecule has 0 saturated heterocycles. The molecule has 2 unspecified atom stereocenters. The molecule has 2 aromatic rings. The molecule has 0 radical (unpaired) electrons. The Morgan fingerprint density at radius 1 is 1.53 bits per heavy atom. The van der Waals surface area contributed by atoms with E-state index in [-0.39, 0.29) is 6.04 Å². The van der Waals surface area contributed by atoms with Gasteiger partial charge in [0.25, 0.3) is 0 Å². The zero-order chi connectivity index (χ0) is 13.4. The molecule has 3 heteroatoms. The summed E-state index contributed by atoms with van der Waals surface area (Å²) in [6.07, 6.45) is 4.67. The number of nitrogens with two attached hydrogens (primary N) is 1. The van der Waals surface area contributed by atoms with Gasteiger partial charge in [-0.2, -0.15) is 0 Å². The van der Waals surface area contributed by atoms with Crippen molar-refractivity contribution in [2.24, 2.45) is 5.73 Å². The number of rotatable bonds is 3. The van der Waals surface area contributed by atoms with Crippen LogP contribution < -0.4 is 5.73 Å². The maximum absolute atomic E-state index is 6.25. The van der Waals surface area contributed by atoms with Crippen molar-refractivity contribution in [2.75, 3.05) is 0 Å². The van der Waals surface area contributed by atoms with E-state index in [4.69, 9.17) is 5.73 Å². The van der Waals surface area contributed by atoms with Crippen molar-refractivity contribution < 1.29 is 0 Å². The van der Waals surface area contributed by atoms with Gasteiger partial charge in [0, 0.05) is 34.8 Å². The van der Waals surface area contributed by atoms with Crippen molar-refractivity contribution in [3.05, 3.63) is 45.4 Å². The summed E-state index contributed by atoms with van der Waals surface area (Å²) < 4.78 is 2.52. The van der Waals surface area contributed by atoms with Gasteiger partial charge in [-0.15, -0.1) is 11.3 Å². The fourth-order valence-electron chi connectivity index (χ4n) is 3.39. The number of hydrogen-bond acceptors (Lipinski definition) is 2. The minimum atomic E-state index is 0.248. The van der Waals surface area contributed by atoms with Crippen LogP contribution in [0.3, 0.4) is 0 Å². The van der Waals surface area contributed by atoms with E-state index in [0.29, 0.717) is 6.04 Å². The third-order valence-electron chi connectivity index (χ3n) is 4.21. The van der Waals surface area contributed by atoms with Gasteiger partial charge in [0.2, 0.25) is 0 Å². The minimum absolute atomic E-state index is 0.248. The average molecular weight is 274 g/mol. The van der Waals surface area contributed by atoms with E-state index in [2.05, 4.69) is 42.0 Å². The molecule has 3 rings (SSSR count). The van der Waals surface area contributed by atoms with Gasteiger partial charge >= 0.3 is 0 Å². The Kier molecular flexibility index (Phi) is 3.50. The van der Waals surface area contributed by atoms with Gasteiger partial charge in [0.15, 0.2) is 0 Å². The number of thiophene rings is 1. The topological polar surface area (TPSA) is 30.9 Å². The summed E-state index contributed by atoms with van der Waals surface area (Å²) in [7, 11) is 0. The van der Waals surface area contributed by atoms with Crippen LogP contribution in [0.5, 0.6) is 0 Å². The highest BCUT2D eigenvalue weighted by Gasteiger charge is 2.24. The molecule has 1 aliphatic carbocycles. The Morgan fingerprint density at radius 3 is 3.11 bits per heavy atom. The Balaban J connectivity index is 1.92. The van der Waals surface area contributed by atoms with Crippen LogP contribution in [0.1, 0.15) is 53.7 Å². The second-order valence-corrected chi connectivity index (χ2v) is 6.72. The number of aromatic nitrogens is 1.